The Morgan fingerprint density at radius 2 is 1.88 bits per heavy atom. The van der Waals surface area contributed by atoms with Crippen molar-refractivity contribution >= 4 is 35.4 Å². The Labute approximate surface area is 144 Å². The van der Waals surface area contributed by atoms with Crippen LogP contribution in [0.4, 0.5) is 15.3 Å². The van der Waals surface area contributed by atoms with Crippen LogP contribution < -0.4 is 16.0 Å². The van der Waals surface area contributed by atoms with Crippen LogP contribution in [0.2, 0.25) is 5.02 Å². The summed E-state index contributed by atoms with van der Waals surface area (Å²) >= 11 is 5.92. The molecule has 1 aromatic carbocycles. The SMILES string of the molecule is Cc1cc(NC(=O)[C@H](CCCCNC(=O)O)NC(=O)O)ccc1Cl. The number of rotatable bonds is 8. The Balaban J connectivity index is 2.58. The van der Waals surface area contributed by atoms with E-state index in [0.29, 0.717) is 23.6 Å². The second-order valence-electron chi connectivity index (χ2n) is 5.18. The van der Waals surface area contributed by atoms with Crippen LogP contribution in [-0.2, 0) is 4.79 Å². The Kier molecular flexibility index (Phi) is 7.84. The maximum absolute atomic E-state index is 12.2. The zero-order valence-corrected chi connectivity index (χ0v) is 13.9. The smallest absolute Gasteiger partial charge is 0.405 e. The first kappa shape index (κ1) is 19.6. The standard InChI is InChI=1S/C15H20ClN3O5/c1-9-8-10(5-6-11(9)16)18-13(20)12(19-15(23)24)4-2-3-7-17-14(21)22/h5-6,8,12,17,19H,2-4,7H2,1H3,(H,18,20)(H,21,22)(H,23,24)/t12-/m0/s1. The van der Waals surface area contributed by atoms with Crippen molar-refractivity contribution in [2.45, 2.75) is 32.2 Å². The van der Waals surface area contributed by atoms with E-state index < -0.39 is 24.1 Å². The molecule has 0 aromatic heterocycles. The van der Waals surface area contributed by atoms with E-state index in [1.807, 2.05) is 0 Å². The molecule has 8 nitrogen and oxygen atoms in total. The van der Waals surface area contributed by atoms with Crippen LogP contribution in [0.1, 0.15) is 24.8 Å². The first-order chi connectivity index (χ1) is 11.3. The van der Waals surface area contributed by atoms with E-state index in [1.165, 1.54) is 0 Å². The molecular formula is C15H20ClN3O5. The molecule has 0 radical (unpaired) electrons. The fourth-order valence-electron chi connectivity index (χ4n) is 2.04. The zero-order valence-electron chi connectivity index (χ0n) is 13.1. The topological polar surface area (TPSA) is 128 Å². The van der Waals surface area contributed by atoms with Crippen molar-refractivity contribution in [1.29, 1.82) is 0 Å². The van der Waals surface area contributed by atoms with Gasteiger partial charge in [-0.25, -0.2) is 9.59 Å². The molecule has 0 aliphatic heterocycles. The molecule has 1 aromatic rings. The maximum atomic E-state index is 12.2. The molecule has 0 heterocycles. The van der Waals surface area contributed by atoms with Crippen molar-refractivity contribution in [3.8, 4) is 0 Å². The molecule has 0 unspecified atom stereocenters. The molecule has 0 bridgehead atoms. The summed E-state index contributed by atoms with van der Waals surface area (Å²) in [4.78, 5) is 33.4. The van der Waals surface area contributed by atoms with Gasteiger partial charge in [-0.3, -0.25) is 4.79 Å². The molecule has 0 saturated carbocycles. The number of hydrogen-bond acceptors (Lipinski definition) is 3. The van der Waals surface area contributed by atoms with Gasteiger partial charge >= 0.3 is 12.2 Å². The van der Waals surface area contributed by atoms with Crippen molar-refractivity contribution in [1.82, 2.24) is 10.6 Å². The summed E-state index contributed by atoms with van der Waals surface area (Å²) in [6, 6.07) is 4.03. The number of halogens is 1. The summed E-state index contributed by atoms with van der Waals surface area (Å²) in [6.07, 6.45) is -1.18. The number of hydrogen-bond donors (Lipinski definition) is 5. The van der Waals surface area contributed by atoms with Gasteiger partial charge in [0.05, 0.1) is 0 Å². The molecular weight excluding hydrogens is 338 g/mol. The Hall–Kier alpha value is -2.48. The normalized spacial score (nSPS) is 11.4. The summed E-state index contributed by atoms with van der Waals surface area (Å²) < 4.78 is 0. The van der Waals surface area contributed by atoms with Gasteiger partial charge in [0.15, 0.2) is 0 Å². The van der Waals surface area contributed by atoms with Gasteiger partial charge in [0.25, 0.3) is 0 Å². The third kappa shape index (κ3) is 7.19. The van der Waals surface area contributed by atoms with Crippen molar-refractivity contribution < 1.29 is 24.6 Å². The average Bonchev–Trinajstić information content (AvgIpc) is 2.48. The number of nitrogens with one attached hydrogen (secondary N) is 3. The largest absolute Gasteiger partial charge is 0.465 e. The molecule has 0 spiro atoms. The number of amides is 3. The van der Waals surface area contributed by atoms with Gasteiger partial charge in [-0.2, -0.15) is 0 Å². The summed E-state index contributed by atoms with van der Waals surface area (Å²) in [5, 5.41) is 24.9. The summed E-state index contributed by atoms with van der Waals surface area (Å²) in [5.41, 5.74) is 1.31. The highest BCUT2D eigenvalue weighted by Gasteiger charge is 2.20. The number of aryl methyl sites for hydroxylation is 1. The molecule has 0 saturated heterocycles. The van der Waals surface area contributed by atoms with E-state index in [1.54, 1.807) is 25.1 Å². The summed E-state index contributed by atoms with van der Waals surface area (Å²) in [7, 11) is 0. The molecule has 5 N–H and O–H groups in total. The molecule has 1 rings (SSSR count). The van der Waals surface area contributed by atoms with E-state index >= 15 is 0 Å². The highest BCUT2D eigenvalue weighted by molar-refractivity contribution is 6.31. The highest BCUT2D eigenvalue weighted by atomic mass is 35.5. The quantitative estimate of drug-likeness (QED) is 0.457. The van der Waals surface area contributed by atoms with Gasteiger partial charge in [0.2, 0.25) is 5.91 Å². The lowest BCUT2D eigenvalue weighted by Crippen LogP contribution is -2.43. The number of benzene rings is 1. The van der Waals surface area contributed by atoms with Crippen molar-refractivity contribution in [3.05, 3.63) is 28.8 Å². The van der Waals surface area contributed by atoms with Crippen molar-refractivity contribution in [2.75, 3.05) is 11.9 Å². The van der Waals surface area contributed by atoms with E-state index in [0.717, 1.165) is 5.56 Å². The fourth-order valence-corrected chi connectivity index (χ4v) is 2.16. The first-order valence-corrected chi connectivity index (χ1v) is 7.70. The molecule has 0 aliphatic rings. The summed E-state index contributed by atoms with van der Waals surface area (Å²) in [5.74, 6) is -0.481. The lowest BCUT2D eigenvalue weighted by molar-refractivity contribution is -0.118. The summed E-state index contributed by atoms with van der Waals surface area (Å²) in [6.45, 7) is 2.04. The van der Waals surface area contributed by atoms with Crippen LogP contribution >= 0.6 is 11.6 Å². The number of carboxylic acid groups (broad SMARTS) is 2. The monoisotopic (exact) mass is 357 g/mol. The zero-order chi connectivity index (χ0) is 18.1. The van der Waals surface area contributed by atoms with Gasteiger partial charge in [0, 0.05) is 17.3 Å². The van der Waals surface area contributed by atoms with Gasteiger partial charge in [-0.15, -0.1) is 0 Å². The third-order valence-electron chi connectivity index (χ3n) is 3.24. The van der Waals surface area contributed by atoms with Crippen LogP contribution in [0.25, 0.3) is 0 Å². The van der Waals surface area contributed by atoms with Crippen molar-refractivity contribution in [3.63, 3.8) is 0 Å². The molecule has 0 fully saturated rings. The van der Waals surface area contributed by atoms with E-state index in [9.17, 15) is 14.4 Å². The predicted octanol–water partition coefficient (Wildman–Crippen LogP) is 2.66. The van der Waals surface area contributed by atoms with Gasteiger partial charge in [-0.1, -0.05) is 11.6 Å². The minimum atomic E-state index is -1.30. The molecule has 0 aliphatic carbocycles. The third-order valence-corrected chi connectivity index (χ3v) is 3.66. The number of unbranched alkanes of at least 4 members (excludes halogenated alkanes) is 1. The van der Waals surface area contributed by atoms with Crippen LogP contribution in [-0.4, -0.2) is 40.9 Å². The lowest BCUT2D eigenvalue weighted by Gasteiger charge is -2.17. The van der Waals surface area contributed by atoms with Gasteiger partial charge in [0.1, 0.15) is 6.04 Å². The first-order valence-electron chi connectivity index (χ1n) is 7.33. The lowest BCUT2D eigenvalue weighted by atomic mass is 10.1. The molecule has 132 valence electrons. The number of carbonyl (C=O) groups is 3. The van der Waals surface area contributed by atoms with E-state index in [4.69, 9.17) is 21.8 Å². The van der Waals surface area contributed by atoms with E-state index in [2.05, 4.69) is 16.0 Å². The van der Waals surface area contributed by atoms with Gasteiger partial charge in [-0.05, 0) is 49.9 Å². The second kappa shape index (κ2) is 9.61. The molecule has 24 heavy (non-hydrogen) atoms. The van der Waals surface area contributed by atoms with Crippen molar-refractivity contribution in [2.24, 2.45) is 0 Å². The van der Waals surface area contributed by atoms with Crippen LogP contribution in [0.5, 0.6) is 0 Å². The minimum absolute atomic E-state index is 0.243. The highest BCUT2D eigenvalue weighted by Crippen LogP contribution is 2.19. The fraction of sp³-hybridized carbons (Fsp3) is 0.400. The number of anilines is 1. The van der Waals surface area contributed by atoms with Crippen LogP contribution in [0.15, 0.2) is 18.2 Å². The molecule has 9 heteroatoms. The predicted molar refractivity (Wildman–Crippen MR) is 89.6 cm³/mol. The van der Waals surface area contributed by atoms with Gasteiger partial charge < -0.3 is 26.2 Å². The van der Waals surface area contributed by atoms with Crippen LogP contribution in [0, 0.1) is 6.92 Å². The number of carbonyl (C=O) groups excluding carboxylic acids is 1. The Morgan fingerprint density at radius 3 is 2.46 bits per heavy atom. The van der Waals surface area contributed by atoms with Crippen LogP contribution in [0.3, 0.4) is 0 Å². The van der Waals surface area contributed by atoms with E-state index in [-0.39, 0.29) is 13.0 Å². The molecule has 3 amide bonds. The maximum Gasteiger partial charge on any atom is 0.405 e. The average molecular weight is 358 g/mol. The second-order valence-corrected chi connectivity index (χ2v) is 5.59. The Bertz CT molecular complexity index is 609. The minimum Gasteiger partial charge on any atom is -0.465 e. The Morgan fingerprint density at radius 1 is 1.17 bits per heavy atom. The molecule has 1 atom stereocenters.